The number of ether oxygens (including phenoxy) is 1. The second-order valence-corrected chi connectivity index (χ2v) is 8.12. The van der Waals surface area contributed by atoms with Gasteiger partial charge in [0.2, 0.25) is 0 Å². The quantitative estimate of drug-likeness (QED) is 0.681. The summed E-state index contributed by atoms with van der Waals surface area (Å²) in [5, 5.41) is 5.91. The molecule has 3 nitrogen and oxygen atoms in total. The molecule has 2 saturated heterocycles. The van der Waals surface area contributed by atoms with E-state index in [-0.39, 0.29) is 5.60 Å². The predicted molar refractivity (Wildman–Crippen MR) is 91.3 cm³/mol. The Kier molecular flexibility index (Phi) is 3.47. The van der Waals surface area contributed by atoms with E-state index in [0.717, 1.165) is 25.2 Å². The van der Waals surface area contributed by atoms with Gasteiger partial charge in [-0.2, -0.15) is 16.9 Å². The molecule has 0 bridgehead atoms. The number of nitrogens with zero attached hydrogens (tertiary/aromatic N) is 2. The van der Waals surface area contributed by atoms with Crippen molar-refractivity contribution in [1.29, 1.82) is 0 Å². The number of aromatic nitrogens is 2. The molecule has 1 aromatic carbocycles. The van der Waals surface area contributed by atoms with Crippen LogP contribution < -0.4 is 0 Å². The van der Waals surface area contributed by atoms with E-state index in [1.807, 2.05) is 18.0 Å². The monoisotopic (exact) mass is 400 g/mol. The molecular formula is C15H17IN2OS. The minimum Gasteiger partial charge on any atom is -0.374 e. The van der Waals surface area contributed by atoms with Gasteiger partial charge in [0.05, 0.1) is 23.4 Å². The molecular weight excluding hydrogens is 383 g/mol. The zero-order chi connectivity index (χ0) is 13.6. The Balaban J connectivity index is 1.70. The molecule has 20 heavy (non-hydrogen) atoms. The zero-order valence-electron chi connectivity index (χ0n) is 11.2. The SMILES string of the molecule is Ic1ccc2cnn(C3CCOC4(CCSC4)C3)c2c1. The molecule has 2 atom stereocenters. The molecule has 2 fully saturated rings. The van der Waals surface area contributed by atoms with Crippen molar-refractivity contribution in [2.75, 3.05) is 18.1 Å². The minimum absolute atomic E-state index is 0.119. The van der Waals surface area contributed by atoms with Crippen LogP contribution in [0.3, 0.4) is 0 Å². The van der Waals surface area contributed by atoms with Gasteiger partial charge in [0.25, 0.3) is 0 Å². The second kappa shape index (κ2) is 5.18. The molecule has 0 N–H and O–H groups in total. The number of benzene rings is 1. The fourth-order valence-corrected chi connectivity index (χ4v) is 5.23. The highest BCUT2D eigenvalue weighted by Gasteiger charge is 2.41. The van der Waals surface area contributed by atoms with Gasteiger partial charge in [-0.3, -0.25) is 4.68 Å². The van der Waals surface area contributed by atoms with Crippen LogP contribution in [-0.2, 0) is 4.74 Å². The van der Waals surface area contributed by atoms with E-state index in [1.54, 1.807) is 0 Å². The first-order valence-electron chi connectivity index (χ1n) is 7.10. The van der Waals surface area contributed by atoms with Crippen LogP contribution in [0.15, 0.2) is 24.4 Å². The number of halogens is 1. The summed E-state index contributed by atoms with van der Waals surface area (Å²) in [6.07, 6.45) is 5.39. The maximum Gasteiger partial charge on any atom is 0.0800 e. The van der Waals surface area contributed by atoms with Crippen LogP contribution in [0.5, 0.6) is 0 Å². The van der Waals surface area contributed by atoms with Crippen LogP contribution in [0.2, 0.25) is 0 Å². The van der Waals surface area contributed by atoms with Crippen molar-refractivity contribution in [3.8, 4) is 0 Å². The largest absolute Gasteiger partial charge is 0.374 e. The van der Waals surface area contributed by atoms with Crippen LogP contribution >= 0.6 is 34.4 Å². The first-order valence-corrected chi connectivity index (χ1v) is 9.34. The topological polar surface area (TPSA) is 27.1 Å². The number of hydrogen-bond acceptors (Lipinski definition) is 3. The number of thioether (sulfide) groups is 1. The average molecular weight is 400 g/mol. The molecule has 4 rings (SSSR count). The summed E-state index contributed by atoms with van der Waals surface area (Å²) in [5.74, 6) is 2.39. The molecule has 2 aromatic rings. The Morgan fingerprint density at radius 2 is 2.40 bits per heavy atom. The van der Waals surface area contributed by atoms with Crippen LogP contribution in [0.1, 0.15) is 25.3 Å². The first kappa shape index (κ1) is 13.4. The molecule has 0 radical (unpaired) electrons. The van der Waals surface area contributed by atoms with E-state index in [1.165, 1.54) is 26.6 Å². The predicted octanol–water partition coefficient (Wildman–Crippen LogP) is 3.87. The smallest absolute Gasteiger partial charge is 0.0800 e. The fraction of sp³-hybridized carbons (Fsp3) is 0.533. The molecule has 1 aromatic heterocycles. The summed E-state index contributed by atoms with van der Waals surface area (Å²) >= 11 is 4.40. The summed E-state index contributed by atoms with van der Waals surface area (Å²) in [6.45, 7) is 0.872. The summed E-state index contributed by atoms with van der Waals surface area (Å²) in [7, 11) is 0. The second-order valence-electron chi connectivity index (χ2n) is 5.77. The molecule has 2 aliphatic rings. The summed E-state index contributed by atoms with van der Waals surface area (Å²) in [5.41, 5.74) is 1.39. The Morgan fingerprint density at radius 3 is 3.25 bits per heavy atom. The van der Waals surface area contributed by atoms with Gasteiger partial charge in [-0.05, 0) is 59.7 Å². The fourth-order valence-electron chi connectivity index (χ4n) is 3.38. The molecule has 2 unspecified atom stereocenters. The minimum atomic E-state index is 0.119. The van der Waals surface area contributed by atoms with Crippen LogP contribution in [0, 0.1) is 3.57 Å². The normalized spacial score (nSPS) is 30.4. The van der Waals surface area contributed by atoms with Crippen molar-refractivity contribution in [2.24, 2.45) is 0 Å². The van der Waals surface area contributed by atoms with E-state index >= 15 is 0 Å². The zero-order valence-corrected chi connectivity index (χ0v) is 14.2. The lowest BCUT2D eigenvalue weighted by Gasteiger charge is -2.38. The molecule has 3 heterocycles. The number of hydrogen-bond donors (Lipinski definition) is 0. The highest BCUT2D eigenvalue weighted by molar-refractivity contribution is 14.1. The molecule has 2 aliphatic heterocycles. The molecule has 106 valence electrons. The number of fused-ring (bicyclic) bond motifs is 1. The van der Waals surface area contributed by atoms with Crippen molar-refractivity contribution in [3.63, 3.8) is 0 Å². The summed E-state index contributed by atoms with van der Waals surface area (Å²) < 4.78 is 9.64. The van der Waals surface area contributed by atoms with Gasteiger partial charge in [-0.1, -0.05) is 6.07 Å². The van der Waals surface area contributed by atoms with E-state index in [2.05, 4.69) is 50.6 Å². The highest BCUT2D eigenvalue weighted by atomic mass is 127. The van der Waals surface area contributed by atoms with Crippen molar-refractivity contribution in [1.82, 2.24) is 9.78 Å². The lowest BCUT2D eigenvalue weighted by molar-refractivity contribution is -0.0772. The van der Waals surface area contributed by atoms with Gasteiger partial charge in [-0.25, -0.2) is 0 Å². The summed E-state index contributed by atoms with van der Waals surface area (Å²) in [4.78, 5) is 0. The Hall–Kier alpha value is -0.270. The molecule has 0 saturated carbocycles. The van der Waals surface area contributed by atoms with Crippen molar-refractivity contribution in [3.05, 3.63) is 28.0 Å². The third-order valence-electron chi connectivity index (χ3n) is 4.44. The van der Waals surface area contributed by atoms with Crippen molar-refractivity contribution < 1.29 is 4.74 Å². The van der Waals surface area contributed by atoms with Crippen LogP contribution in [0.4, 0.5) is 0 Å². The Morgan fingerprint density at radius 1 is 1.45 bits per heavy atom. The summed E-state index contributed by atoms with van der Waals surface area (Å²) in [6, 6.07) is 7.04. The van der Waals surface area contributed by atoms with Gasteiger partial charge in [0.15, 0.2) is 0 Å². The Labute approximate surface area is 136 Å². The first-order chi connectivity index (χ1) is 9.76. The highest BCUT2D eigenvalue weighted by Crippen LogP contribution is 2.42. The molecule has 0 amide bonds. The van der Waals surface area contributed by atoms with Gasteiger partial charge in [-0.15, -0.1) is 0 Å². The van der Waals surface area contributed by atoms with E-state index in [9.17, 15) is 0 Å². The lowest BCUT2D eigenvalue weighted by Crippen LogP contribution is -2.40. The Bertz CT molecular complexity index is 636. The van der Waals surface area contributed by atoms with Crippen LogP contribution in [-0.4, -0.2) is 33.5 Å². The maximum absolute atomic E-state index is 6.13. The third-order valence-corrected chi connectivity index (χ3v) is 6.33. The van der Waals surface area contributed by atoms with Gasteiger partial charge >= 0.3 is 0 Å². The third kappa shape index (κ3) is 2.27. The maximum atomic E-state index is 6.13. The molecule has 1 spiro atoms. The standard InChI is InChI=1S/C15H17IN2OS/c16-12-2-1-11-9-17-18(14(11)7-12)13-3-5-19-15(8-13)4-6-20-10-15/h1-2,7,9,13H,3-6,8,10H2. The van der Waals surface area contributed by atoms with E-state index in [4.69, 9.17) is 4.74 Å². The van der Waals surface area contributed by atoms with Crippen molar-refractivity contribution >= 4 is 45.3 Å². The molecule has 0 aliphatic carbocycles. The average Bonchev–Trinajstić information content (AvgIpc) is 3.06. The molecule has 5 heteroatoms. The van der Waals surface area contributed by atoms with Gasteiger partial charge in [0.1, 0.15) is 0 Å². The van der Waals surface area contributed by atoms with Gasteiger partial charge < -0.3 is 4.74 Å². The van der Waals surface area contributed by atoms with E-state index < -0.39 is 0 Å². The lowest BCUT2D eigenvalue weighted by atomic mass is 9.90. The van der Waals surface area contributed by atoms with Gasteiger partial charge in [0, 0.05) is 21.3 Å². The number of rotatable bonds is 1. The van der Waals surface area contributed by atoms with Crippen LogP contribution in [0.25, 0.3) is 10.9 Å². The van der Waals surface area contributed by atoms with Crippen molar-refractivity contribution in [2.45, 2.75) is 30.9 Å². The van der Waals surface area contributed by atoms with E-state index in [0.29, 0.717) is 6.04 Å².